The number of carbonyl (C=O) groups is 1. The molecule has 0 saturated carbocycles. The molecule has 7 nitrogen and oxygen atoms in total. The summed E-state index contributed by atoms with van der Waals surface area (Å²) in [6, 6.07) is 20.3. The number of aryl methyl sites for hydroxylation is 1. The number of hydrazone groups is 1. The number of halogens is 1. The summed E-state index contributed by atoms with van der Waals surface area (Å²) < 4.78 is 7.56. The minimum Gasteiger partial charge on any atom is -0.496 e. The second-order valence-electron chi connectivity index (χ2n) is 7.31. The average molecular weight is 537 g/mol. The maximum absolute atomic E-state index is 13.3. The van der Waals surface area contributed by atoms with Crippen LogP contribution in [-0.4, -0.2) is 34.5 Å². The highest BCUT2D eigenvalue weighted by Gasteiger charge is 2.15. The third kappa shape index (κ3) is 5.21. The van der Waals surface area contributed by atoms with Crippen molar-refractivity contribution >= 4 is 50.7 Å². The molecule has 0 fully saturated rings. The Bertz CT molecular complexity index is 1450. The molecule has 0 aliphatic rings. The molecule has 0 radical (unpaired) electrons. The first-order chi connectivity index (χ1) is 16.5. The van der Waals surface area contributed by atoms with Crippen LogP contribution in [0.5, 0.6) is 5.75 Å². The van der Waals surface area contributed by atoms with E-state index in [1.807, 2.05) is 55.5 Å². The summed E-state index contributed by atoms with van der Waals surface area (Å²) in [4.78, 5) is 30.4. The van der Waals surface area contributed by atoms with Crippen LogP contribution in [0.25, 0.3) is 16.6 Å². The largest absolute Gasteiger partial charge is 0.496 e. The smallest absolute Gasteiger partial charge is 0.266 e. The van der Waals surface area contributed by atoms with Gasteiger partial charge in [0.15, 0.2) is 5.16 Å². The highest BCUT2D eigenvalue weighted by molar-refractivity contribution is 9.10. The number of rotatable bonds is 7. The number of methoxy groups -OCH3 is 1. The lowest BCUT2D eigenvalue weighted by atomic mass is 10.2. The third-order valence-corrected chi connectivity index (χ3v) is 6.57. The number of thioether (sulfide) groups is 1. The number of amides is 1. The molecular weight excluding hydrogens is 516 g/mol. The van der Waals surface area contributed by atoms with Gasteiger partial charge in [-0.1, -0.05) is 42.1 Å². The zero-order chi connectivity index (χ0) is 24.1. The predicted molar refractivity (Wildman–Crippen MR) is 139 cm³/mol. The number of nitrogens with one attached hydrogen (secondary N) is 1. The Labute approximate surface area is 209 Å². The van der Waals surface area contributed by atoms with E-state index in [9.17, 15) is 9.59 Å². The molecule has 172 valence electrons. The molecular formula is C25H21BrN4O3S. The molecule has 1 N–H and O–H groups in total. The van der Waals surface area contributed by atoms with Crippen LogP contribution in [0.1, 0.15) is 11.1 Å². The van der Waals surface area contributed by atoms with E-state index in [0.717, 1.165) is 21.3 Å². The zero-order valence-electron chi connectivity index (χ0n) is 18.5. The number of carbonyl (C=O) groups excluding carboxylic acids is 1. The molecule has 1 amide bonds. The maximum Gasteiger partial charge on any atom is 0.266 e. The monoisotopic (exact) mass is 536 g/mol. The number of fused-ring (bicyclic) bond motifs is 1. The van der Waals surface area contributed by atoms with Gasteiger partial charge < -0.3 is 4.74 Å². The standard InChI is InChI=1S/C25H21BrN4O3S/c1-16-7-3-6-10-21(16)30-24(32)18-8-4-5-9-20(18)28-25(30)34-15-23(31)29-27-14-17-11-12-22(33-2)19(26)13-17/h3-14H,15H2,1-2H3,(H,29,31)/b27-14-. The zero-order valence-corrected chi connectivity index (χ0v) is 20.9. The number of nitrogens with zero attached hydrogens (tertiary/aromatic N) is 3. The average Bonchev–Trinajstić information content (AvgIpc) is 2.84. The van der Waals surface area contributed by atoms with Crippen molar-refractivity contribution in [1.29, 1.82) is 0 Å². The minimum atomic E-state index is -0.312. The molecule has 3 aromatic carbocycles. The summed E-state index contributed by atoms with van der Waals surface area (Å²) in [6.07, 6.45) is 1.55. The Morgan fingerprint density at radius 1 is 1.18 bits per heavy atom. The first kappa shape index (κ1) is 23.7. The molecule has 1 aromatic heterocycles. The van der Waals surface area contributed by atoms with E-state index in [1.165, 1.54) is 11.8 Å². The molecule has 0 spiro atoms. The van der Waals surface area contributed by atoms with Crippen LogP contribution >= 0.6 is 27.7 Å². The van der Waals surface area contributed by atoms with Gasteiger partial charge >= 0.3 is 0 Å². The van der Waals surface area contributed by atoms with E-state index in [-0.39, 0.29) is 17.2 Å². The van der Waals surface area contributed by atoms with Gasteiger partial charge in [-0.05, 0) is 70.4 Å². The van der Waals surface area contributed by atoms with Gasteiger partial charge in [0.05, 0.1) is 40.1 Å². The predicted octanol–water partition coefficient (Wildman–Crippen LogP) is 4.71. The number of para-hydroxylation sites is 2. The van der Waals surface area contributed by atoms with Crippen LogP contribution < -0.4 is 15.7 Å². The summed E-state index contributed by atoms with van der Waals surface area (Å²) in [5, 5.41) is 4.99. The van der Waals surface area contributed by atoms with Gasteiger partial charge in [0.2, 0.25) is 0 Å². The first-order valence-electron chi connectivity index (χ1n) is 10.3. The molecule has 34 heavy (non-hydrogen) atoms. The Morgan fingerprint density at radius 3 is 2.71 bits per heavy atom. The second kappa shape index (κ2) is 10.7. The van der Waals surface area contributed by atoms with Crippen molar-refractivity contribution in [1.82, 2.24) is 15.0 Å². The number of benzene rings is 3. The normalized spacial score (nSPS) is 11.1. The lowest BCUT2D eigenvalue weighted by Gasteiger charge is -2.14. The van der Waals surface area contributed by atoms with E-state index < -0.39 is 0 Å². The van der Waals surface area contributed by atoms with E-state index >= 15 is 0 Å². The van der Waals surface area contributed by atoms with E-state index in [2.05, 4.69) is 31.4 Å². The van der Waals surface area contributed by atoms with Crippen molar-refractivity contribution in [2.24, 2.45) is 5.10 Å². The Hall–Kier alpha value is -3.43. The highest BCUT2D eigenvalue weighted by atomic mass is 79.9. The quantitative estimate of drug-likeness (QED) is 0.160. The fourth-order valence-electron chi connectivity index (χ4n) is 3.34. The second-order valence-corrected chi connectivity index (χ2v) is 9.11. The summed E-state index contributed by atoms with van der Waals surface area (Å²) >= 11 is 4.60. The summed E-state index contributed by atoms with van der Waals surface area (Å²) in [5.41, 5.74) is 5.39. The number of ether oxygens (including phenoxy) is 1. The van der Waals surface area contributed by atoms with Crippen LogP contribution in [0, 0.1) is 6.92 Å². The molecule has 4 rings (SSSR count). The van der Waals surface area contributed by atoms with Crippen LogP contribution in [0.4, 0.5) is 0 Å². The molecule has 0 atom stereocenters. The van der Waals surface area contributed by atoms with Crippen LogP contribution in [-0.2, 0) is 4.79 Å². The Morgan fingerprint density at radius 2 is 1.94 bits per heavy atom. The van der Waals surface area contributed by atoms with Crippen molar-refractivity contribution in [2.75, 3.05) is 12.9 Å². The molecule has 4 aromatic rings. The van der Waals surface area contributed by atoms with Crippen molar-refractivity contribution in [3.8, 4) is 11.4 Å². The Kier molecular flexibility index (Phi) is 7.44. The summed E-state index contributed by atoms with van der Waals surface area (Å²) in [6.45, 7) is 1.93. The van der Waals surface area contributed by atoms with Crippen molar-refractivity contribution in [3.05, 3.63) is 92.7 Å². The van der Waals surface area contributed by atoms with Gasteiger partial charge in [-0.2, -0.15) is 5.10 Å². The molecule has 0 saturated heterocycles. The van der Waals surface area contributed by atoms with Crippen molar-refractivity contribution in [3.63, 3.8) is 0 Å². The molecule has 0 bridgehead atoms. The van der Waals surface area contributed by atoms with Gasteiger partial charge in [-0.3, -0.25) is 14.2 Å². The third-order valence-electron chi connectivity index (χ3n) is 5.01. The molecule has 9 heteroatoms. The van der Waals surface area contributed by atoms with Gasteiger partial charge in [0, 0.05) is 0 Å². The molecule has 0 aliphatic carbocycles. The van der Waals surface area contributed by atoms with E-state index in [1.54, 1.807) is 36.1 Å². The fraction of sp³-hybridized carbons (Fsp3) is 0.120. The lowest BCUT2D eigenvalue weighted by molar-refractivity contribution is -0.118. The lowest BCUT2D eigenvalue weighted by Crippen LogP contribution is -2.24. The maximum atomic E-state index is 13.3. The van der Waals surface area contributed by atoms with Crippen LogP contribution in [0.15, 0.2) is 86.3 Å². The van der Waals surface area contributed by atoms with E-state index in [0.29, 0.717) is 21.8 Å². The summed E-state index contributed by atoms with van der Waals surface area (Å²) in [7, 11) is 1.59. The fourth-order valence-corrected chi connectivity index (χ4v) is 4.70. The van der Waals surface area contributed by atoms with Gasteiger partial charge in [-0.25, -0.2) is 10.4 Å². The van der Waals surface area contributed by atoms with Gasteiger partial charge in [-0.15, -0.1) is 0 Å². The van der Waals surface area contributed by atoms with Crippen molar-refractivity contribution in [2.45, 2.75) is 12.1 Å². The molecule has 0 unspecified atom stereocenters. The Balaban J connectivity index is 1.54. The molecule has 0 aliphatic heterocycles. The number of hydrogen-bond acceptors (Lipinski definition) is 6. The topological polar surface area (TPSA) is 85.6 Å². The number of aromatic nitrogens is 2. The van der Waals surface area contributed by atoms with E-state index in [4.69, 9.17) is 4.74 Å². The molecule has 1 heterocycles. The van der Waals surface area contributed by atoms with Gasteiger partial charge in [0.1, 0.15) is 5.75 Å². The first-order valence-corrected chi connectivity index (χ1v) is 12.1. The minimum absolute atomic E-state index is 0.0420. The van der Waals surface area contributed by atoms with Crippen molar-refractivity contribution < 1.29 is 9.53 Å². The summed E-state index contributed by atoms with van der Waals surface area (Å²) in [5.74, 6) is 0.438. The van der Waals surface area contributed by atoms with Crippen LogP contribution in [0.3, 0.4) is 0 Å². The number of hydrogen-bond donors (Lipinski definition) is 1. The van der Waals surface area contributed by atoms with Crippen LogP contribution in [0.2, 0.25) is 0 Å². The highest BCUT2D eigenvalue weighted by Crippen LogP contribution is 2.25. The SMILES string of the molecule is COc1ccc(/C=N\NC(=O)CSc2nc3ccccc3c(=O)n2-c2ccccc2C)cc1Br. The van der Waals surface area contributed by atoms with Gasteiger partial charge in [0.25, 0.3) is 11.5 Å².